The van der Waals surface area contributed by atoms with E-state index in [1.54, 1.807) is 18.2 Å². The van der Waals surface area contributed by atoms with Gasteiger partial charge in [0.2, 0.25) is 0 Å². The van der Waals surface area contributed by atoms with Gasteiger partial charge < -0.3 is 23.9 Å². The van der Waals surface area contributed by atoms with Crippen molar-refractivity contribution >= 4 is 22.8 Å². The molecule has 8 heteroatoms. The molecule has 1 atom stereocenters. The van der Waals surface area contributed by atoms with E-state index in [4.69, 9.17) is 13.9 Å². The molecule has 0 saturated carbocycles. The fourth-order valence-corrected chi connectivity index (χ4v) is 4.16. The molecular formula is C22H28N2O6. The minimum Gasteiger partial charge on any atom is -0.492 e. The van der Waals surface area contributed by atoms with Gasteiger partial charge in [0, 0.05) is 37.8 Å². The van der Waals surface area contributed by atoms with E-state index in [1.807, 2.05) is 11.8 Å². The van der Waals surface area contributed by atoms with E-state index >= 15 is 0 Å². The summed E-state index contributed by atoms with van der Waals surface area (Å²) in [6.07, 6.45) is 1.63. The largest absolute Gasteiger partial charge is 0.492 e. The van der Waals surface area contributed by atoms with Crippen LogP contribution in [0.2, 0.25) is 0 Å². The van der Waals surface area contributed by atoms with Gasteiger partial charge in [-0.3, -0.25) is 14.5 Å². The first-order valence-corrected chi connectivity index (χ1v) is 10.5. The van der Waals surface area contributed by atoms with Crippen LogP contribution in [0.3, 0.4) is 0 Å². The van der Waals surface area contributed by atoms with Crippen molar-refractivity contribution in [1.82, 2.24) is 4.90 Å². The van der Waals surface area contributed by atoms with Crippen LogP contribution in [-0.4, -0.2) is 68.5 Å². The average Bonchev–Trinajstić information content (AvgIpc) is 2.76. The predicted octanol–water partition coefficient (Wildman–Crippen LogP) is 2.11. The minimum atomic E-state index is -0.725. The molecule has 30 heavy (non-hydrogen) atoms. The van der Waals surface area contributed by atoms with Crippen LogP contribution in [0.5, 0.6) is 5.75 Å². The Labute approximate surface area is 175 Å². The molecular weight excluding hydrogens is 388 g/mol. The second-order valence-corrected chi connectivity index (χ2v) is 7.94. The van der Waals surface area contributed by atoms with Gasteiger partial charge in [0.1, 0.15) is 17.9 Å². The van der Waals surface area contributed by atoms with Gasteiger partial charge in [-0.25, -0.2) is 0 Å². The molecule has 2 aliphatic heterocycles. The number of nitrogens with zero attached hydrogens (tertiary/aromatic N) is 2. The van der Waals surface area contributed by atoms with Gasteiger partial charge in [-0.2, -0.15) is 0 Å². The Balaban J connectivity index is 1.47. The fourth-order valence-electron chi connectivity index (χ4n) is 4.16. The second kappa shape index (κ2) is 9.06. The number of fused-ring (bicyclic) bond motifs is 1. The number of piperidine rings is 1. The van der Waals surface area contributed by atoms with Crippen molar-refractivity contribution in [2.24, 2.45) is 5.92 Å². The standard InChI is InChI=1S/C22H28N2O6/c1-15-19(29-12-7-23-6-2-3-16(14-23)22(26)27)5-4-17-18(25)13-20(30-21(15)17)24-8-10-28-11-9-24/h4-5,13,16H,2-3,6-12,14H2,1H3,(H,26,27). The molecule has 2 fully saturated rings. The van der Waals surface area contributed by atoms with Crippen LogP contribution < -0.4 is 15.1 Å². The van der Waals surface area contributed by atoms with Crippen LogP contribution in [0.25, 0.3) is 11.0 Å². The number of rotatable bonds is 6. The van der Waals surface area contributed by atoms with Crippen molar-refractivity contribution in [3.63, 3.8) is 0 Å². The molecule has 2 aliphatic rings. The second-order valence-electron chi connectivity index (χ2n) is 7.94. The van der Waals surface area contributed by atoms with Crippen molar-refractivity contribution in [3.8, 4) is 5.75 Å². The topological polar surface area (TPSA) is 92.5 Å². The summed E-state index contributed by atoms with van der Waals surface area (Å²) in [5, 5.41) is 9.77. The number of benzene rings is 1. The number of aryl methyl sites for hydroxylation is 1. The predicted molar refractivity (Wildman–Crippen MR) is 113 cm³/mol. The lowest BCUT2D eigenvalue weighted by molar-refractivity contribution is -0.143. The molecule has 0 bridgehead atoms. The Hall–Kier alpha value is -2.58. The quantitative estimate of drug-likeness (QED) is 0.766. The van der Waals surface area contributed by atoms with E-state index in [1.165, 1.54) is 0 Å². The zero-order valence-electron chi connectivity index (χ0n) is 17.3. The van der Waals surface area contributed by atoms with Crippen molar-refractivity contribution < 1.29 is 23.8 Å². The Kier molecular flexibility index (Phi) is 6.24. The van der Waals surface area contributed by atoms with Gasteiger partial charge in [-0.05, 0) is 38.4 Å². The molecule has 1 N–H and O–H groups in total. The number of anilines is 1. The third-order valence-electron chi connectivity index (χ3n) is 5.93. The number of hydrogen-bond donors (Lipinski definition) is 1. The van der Waals surface area contributed by atoms with E-state index in [2.05, 4.69) is 4.90 Å². The monoisotopic (exact) mass is 416 g/mol. The van der Waals surface area contributed by atoms with E-state index in [9.17, 15) is 14.7 Å². The summed E-state index contributed by atoms with van der Waals surface area (Å²) in [4.78, 5) is 28.0. The van der Waals surface area contributed by atoms with Gasteiger partial charge in [-0.15, -0.1) is 0 Å². The van der Waals surface area contributed by atoms with Crippen LogP contribution in [0.4, 0.5) is 5.88 Å². The lowest BCUT2D eigenvalue weighted by atomic mass is 9.98. The molecule has 0 spiro atoms. The maximum absolute atomic E-state index is 12.6. The normalized spacial score (nSPS) is 20.4. The van der Waals surface area contributed by atoms with E-state index < -0.39 is 5.97 Å². The Morgan fingerprint density at radius 3 is 2.83 bits per heavy atom. The first kappa shape index (κ1) is 20.7. The number of carbonyl (C=O) groups is 1. The highest BCUT2D eigenvalue weighted by Gasteiger charge is 2.25. The molecule has 0 radical (unpaired) electrons. The fraction of sp³-hybridized carbons (Fsp3) is 0.545. The summed E-state index contributed by atoms with van der Waals surface area (Å²) in [7, 11) is 0. The SMILES string of the molecule is Cc1c(OCCN2CCCC(C(=O)O)C2)ccc2c(=O)cc(N3CCOCC3)oc12. The van der Waals surface area contributed by atoms with Gasteiger partial charge in [0.05, 0.1) is 24.5 Å². The lowest BCUT2D eigenvalue weighted by Crippen LogP contribution is -2.40. The molecule has 2 aromatic rings. The number of aliphatic carboxylic acids is 1. The molecule has 1 unspecified atom stereocenters. The van der Waals surface area contributed by atoms with Crippen molar-refractivity contribution in [1.29, 1.82) is 0 Å². The molecule has 162 valence electrons. The van der Waals surface area contributed by atoms with Gasteiger partial charge in [0.25, 0.3) is 0 Å². The summed E-state index contributed by atoms with van der Waals surface area (Å²) < 4.78 is 17.5. The number of ether oxygens (including phenoxy) is 2. The number of morpholine rings is 1. The van der Waals surface area contributed by atoms with Crippen molar-refractivity contribution in [2.75, 3.05) is 57.4 Å². The molecule has 0 aliphatic carbocycles. The third kappa shape index (κ3) is 4.44. The molecule has 8 nitrogen and oxygen atoms in total. The van der Waals surface area contributed by atoms with Crippen LogP contribution in [0.1, 0.15) is 18.4 Å². The van der Waals surface area contributed by atoms with Crippen LogP contribution >= 0.6 is 0 Å². The molecule has 4 rings (SSSR count). The molecule has 3 heterocycles. The Morgan fingerprint density at radius 1 is 1.27 bits per heavy atom. The Morgan fingerprint density at radius 2 is 2.07 bits per heavy atom. The third-order valence-corrected chi connectivity index (χ3v) is 5.93. The highest BCUT2D eigenvalue weighted by atomic mass is 16.5. The number of hydrogen-bond acceptors (Lipinski definition) is 7. The van der Waals surface area contributed by atoms with E-state index in [0.717, 1.165) is 24.9 Å². The van der Waals surface area contributed by atoms with Crippen molar-refractivity contribution in [2.45, 2.75) is 19.8 Å². The summed E-state index contributed by atoms with van der Waals surface area (Å²) >= 11 is 0. The van der Waals surface area contributed by atoms with E-state index in [0.29, 0.717) is 68.6 Å². The van der Waals surface area contributed by atoms with Gasteiger partial charge in [0.15, 0.2) is 11.3 Å². The highest BCUT2D eigenvalue weighted by Crippen LogP contribution is 2.29. The smallest absolute Gasteiger partial charge is 0.307 e. The lowest BCUT2D eigenvalue weighted by Gasteiger charge is -2.30. The summed E-state index contributed by atoms with van der Waals surface area (Å²) in [6.45, 7) is 7.07. The number of carboxylic acids is 1. The summed E-state index contributed by atoms with van der Waals surface area (Å²) in [5.74, 6) is 0.215. The first-order valence-electron chi connectivity index (χ1n) is 10.5. The summed E-state index contributed by atoms with van der Waals surface area (Å²) in [6, 6.07) is 5.09. The summed E-state index contributed by atoms with van der Waals surface area (Å²) in [5.41, 5.74) is 1.27. The zero-order valence-corrected chi connectivity index (χ0v) is 17.3. The van der Waals surface area contributed by atoms with Crippen molar-refractivity contribution in [3.05, 3.63) is 34.0 Å². The van der Waals surface area contributed by atoms with Crippen LogP contribution in [0, 0.1) is 12.8 Å². The average molecular weight is 416 g/mol. The number of likely N-dealkylation sites (tertiary alicyclic amines) is 1. The molecule has 1 aromatic heterocycles. The van der Waals surface area contributed by atoms with E-state index in [-0.39, 0.29) is 11.3 Å². The zero-order chi connectivity index (χ0) is 21.1. The minimum absolute atomic E-state index is 0.0691. The molecule has 1 aromatic carbocycles. The van der Waals surface area contributed by atoms with Crippen LogP contribution in [-0.2, 0) is 9.53 Å². The Bertz CT molecular complexity index is 966. The van der Waals surface area contributed by atoms with Crippen LogP contribution in [0.15, 0.2) is 27.4 Å². The highest BCUT2D eigenvalue weighted by molar-refractivity contribution is 5.83. The maximum atomic E-state index is 12.6. The molecule has 0 amide bonds. The number of carboxylic acid groups (broad SMARTS) is 1. The first-order chi connectivity index (χ1) is 14.5. The van der Waals surface area contributed by atoms with Gasteiger partial charge >= 0.3 is 5.97 Å². The maximum Gasteiger partial charge on any atom is 0.307 e. The molecule has 2 saturated heterocycles. The van der Waals surface area contributed by atoms with Gasteiger partial charge in [-0.1, -0.05) is 0 Å².